The van der Waals surface area contributed by atoms with Crippen LogP contribution in [0, 0.1) is 10.8 Å². The molecule has 3 nitrogen and oxygen atoms in total. The van der Waals surface area contributed by atoms with E-state index in [9.17, 15) is 10.2 Å². The molecule has 0 radical (unpaired) electrons. The van der Waals surface area contributed by atoms with Gasteiger partial charge in [0.2, 0.25) is 0 Å². The monoisotopic (exact) mass is 505 g/mol. The van der Waals surface area contributed by atoms with Crippen molar-refractivity contribution in [1.29, 1.82) is 0 Å². The van der Waals surface area contributed by atoms with Crippen molar-refractivity contribution < 1.29 is 10.2 Å². The predicted molar refractivity (Wildman–Crippen MR) is 159 cm³/mol. The molecule has 1 spiro atoms. The first-order valence-corrected chi connectivity index (χ1v) is 13.8. The SMILES string of the molecule is CN(C)c1ccc(-c2cc3c(O)cc4c(c3cc2CO)-c2ccccc2C42CC(C)(C)CC(C)(C)C2)cc1. The number of aliphatic hydroxyl groups excluding tert-OH is 1. The molecule has 38 heavy (non-hydrogen) atoms. The van der Waals surface area contributed by atoms with E-state index in [1.54, 1.807) is 0 Å². The van der Waals surface area contributed by atoms with Gasteiger partial charge < -0.3 is 15.1 Å². The largest absolute Gasteiger partial charge is 0.507 e. The summed E-state index contributed by atoms with van der Waals surface area (Å²) >= 11 is 0. The highest BCUT2D eigenvalue weighted by Crippen LogP contribution is 2.64. The van der Waals surface area contributed by atoms with Crippen molar-refractivity contribution in [2.45, 2.75) is 59.0 Å². The van der Waals surface area contributed by atoms with Gasteiger partial charge in [0, 0.05) is 30.6 Å². The van der Waals surface area contributed by atoms with Crippen molar-refractivity contribution in [2.24, 2.45) is 10.8 Å². The lowest BCUT2D eigenvalue weighted by Crippen LogP contribution is -2.43. The van der Waals surface area contributed by atoms with Crippen molar-refractivity contribution in [2.75, 3.05) is 19.0 Å². The molecule has 4 aromatic carbocycles. The highest BCUT2D eigenvalue weighted by molar-refractivity contribution is 6.07. The molecule has 196 valence electrons. The highest BCUT2D eigenvalue weighted by Gasteiger charge is 2.53. The third kappa shape index (κ3) is 3.74. The fourth-order valence-corrected chi connectivity index (χ4v) is 8.26. The Morgan fingerprint density at radius 3 is 2.03 bits per heavy atom. The standard InChI is InChI=1S/C35H39NO2/c1-33(2)19-34(3,4)21-35(20-33)29-10-8-7-9-25(29)32-28-15-23(18-37)26(16-27(28)31(38)17-30(32)35)22-11-13-24(14-12-22)36(5)6/h7-17,37-38H,18-21H2,1-6H3. The van der Waals surface area contributed by atoms with Gasteiger partial charge in [-0.2, -0.15) is 0 Å². The van der Waals surface area contributed by atoms with Crippen molar-refractivity contribution in [1.82, 2.24) is 0 Å². The van der Waals surface area contributed by atoms with E-state index in [0.717, 1.165) is 46.0 Å². The van der Waals surface area contributed by atoms with Gasteiger partial charge in [-0.05, 0) is 105 Å². The van der Waals surface area contributed by atoms with Crippen LogP contribution in [-0.4, -0.2) is 24.3 Å². The summed E-state index contributed by atoms with van der Waals surface area (Å²) in [5, 5.41) is 23.9. The Labute approximate surface area is 226 Å². The number of aliphatic hydroxyl groups is 1. The molecular formula is C35H39NO2. The molecule has 0 aliphatic heterocycles. The minimum absolute atomic E-state index is 0.0576. The Bertz CT molecular complexity index is 1540. The van der Waals surface area contributed by atoms with Crippen LogP contribution in [0.1, 0.15) is 63.6 Å². The molecule has 0 heterocycles. The van der Waals surface area contributed by atoms with Crippen LogP contribution in [0.4, 0.5) is 5.69 Å². The lowest BCUT2D eigenvalue weighted by Gasteiger charge is -2.51. The van der Waals surface area contributed by atoms with Crippen LogP contribution in [0.25, 0.3) is 33.0 Å². The fourth-order valence-electron chi connectivity index (χ4n) is 8.26. The molecule has 0 saturated heterocycles. The summed E-state index contributed by atoms with van der Waals surface area (Å²) in [4.78, 5) is 2.08. The summed E-state index contributed by atoms with van der Waals surface area (Å²) < 4.78 is 0. The first-order valence-electron chi connectivity index (χ1n) is 13.8. The van der Waals surface area contributed by atoms with Crippen molar-refractivity contribution >= 4 is 16.5 Å². The number of aromatic hydroxyl groups is 1. The van der Waals surface area contributed by atoms with Crippen molar-refractivity contribution in [3.63, 3.8) is 0 Å². The van der Waals surface area contributed by atoms with E-state index in [1.807, 2.05) is 14.1 Å². The van der Waals surface area contributed by atoms with Gasteiger partial charge in [-0.25, -0.2) is 0 Å². The molecule has 4 aromatic rings. The Morgan fingerprint density at radius 1 is 0.737 bits per heavy atom. The fraction of sp³-hybridized carbons (Fsp3) is 0.371. The Balaban J connectivity index is 1.63. The number of fused-ring (bicyclic) bond motifs is 7. The smallest absolute Gasteiger partial charge is 0.123 e. The number of hydrogen-bond acceptors (Lipinski definition) is 3. The first-order chi connectivity index (χ1) is 17.9. The van der Waals surface area contributed by atoms with Gasteiger partial charge in [0.25, 0.3) is 0 Å². The van der Waals surface area contributed by atoms with E-state index in [2.05, 4.69) is 99.3 Å². The van der Waals surface area contributed by atoms with Crippen molar-refractivity contribution in [3.05, 3.63) is 83.4 Å². The number of rotatable bonds is 3. The lowest BCUT2D eigenvalue weighted by molar-refractivity contribution is 0.0645. The van der Waals surface area contributed by atoms with Crippen LogP contribution in [0.15, 0.2) is 66.7 Å². The molecule has 0 aromatic heterocycles. The van der Waals surface area contributed by atoms with Gasteiger partial charge in [-0.15, -0.1) is 0 Å². The molecule has 0 unspecified atom stereocenters. The van der Waals surface area contributed by atoms with Crippen LogP contribution < -0.4 is 4.90 Å². The van der Waals surface area contributed by atoms with Gasteiger partial charge in [-0.3, -0.25) is 0 Å². The van der Waals surface area contributed by atoms with Gasteiger partial charge >= 0.3 is 0 Å². The summed E-state index contributed by atoms with van der Waals surface area (Å²) in [6.07, 6.45) is 3.30. The summed E-state index contributed by atoms with van der Waals surface area (Å²) in [5.41, 5.74) is 9.36. The Kier molecular flexibility index (Phi) is 5.49. The van der Waals surface area contributed by atoms with E-state index < -0.39 is 0 Å². The molecule has 0 amide bonds. The average molecular weight is 506 g/mol. The molecule has 6 rings (SSSR count). The van der Waals surface area contributed by atoms with Crippen LogP contribution in [0.5, 0.6) is 5.75 Å². The molecule has 2 N–H and O–H groups in total. The van der Waals surface area contributed by atoms with E-state index in [0.29, 0.717) is 5.75 Å². The average Bonchev–Trinajstić information content (AvgIpc) is 3.10. The van der Waals surface area contributed by atoms with Gasteiger partial charge in [0.15, 0.2) is 0 Å². The molecule has 1 fully saturated rings. The lowest BCUT2D eigenvalue weighted by atomic mass is 9.52. The van der Waals surface area contributed by atoms with Crippen LogP contribution in [0.3, 0.4) is 0 Å². The minimum Gasteiger partial charge on any atom is -0.507 e. The summed E-state index contributed by atoms with van der Waals surface area (Å²) in [5.74, 6) is 0.322. The van der Waals surface area contributed by atoms with Crippen LogP contribution in [0.2, 0.25) is 0 Å². The maximum absolute atomic E-state index is 11.6. The molecule has 2 aliphatic rings. The van der Waals surface area contributed by atoms with Gasteiger partial charge in [0.1, 0.15) is 5.75 Å². The Hall–Kier alpha value is -3.30. The molecule has 3 heteroatoms. The number of phenols is 1. The second-order valence-corrected chi connectivity index (χ2v) is 13.5. The second kappa shape index (κ2) is 8.35. The highest BCUT2D eigenvalue weighted by atomic mass is 16.3. The summed E-state index contributed by atoms with van der Waals surface area (Å²) in [7, 11) is 4.06. The number of anilines is 1. The topological polar surface area (TPSA) is 43.7 Å². The summed E-state index contributed by atoms with van der Waals surface area (Å²) in [6.45, 7) is 9.53. The number of hydrogen-bond donors (Lipinski definition) is 2. The maximum Gasteiger partial charge on any atom is 0.123 e. The number of phenolic OH excluding ortho intramolecular Hbond substituents is 1. The Morgan fingerprint density at radius 2 is 1.39 bits per heavy atom. The second-order valence-electron chi connectivity index (χ2n) is 13.5. The third-order valence-electron chi connectivity index (χ3n) is 8.95. The predicted octanol–water partition coefficient (Wildman–Crippen LogP) is 8.27. The van der Waals surface area contributed by atoms with E-state index in [1.165, 1.54) is 28.7 Å². The first kappa shape index (κ1) is 25.0. The normalized spacial score (nSPS) is 18.4. The zero-order chi connectivity index (χ0) is 27.0. The van der Waals surface area contributed by atoms with E-state index >= 15 is 0 Å². The van der Waals surface area contributed by atoms with Gasteiger partial charge in [-0.1, -0.05) is 64.1 Å². The quantitative estimate of drug-likeness (QED) is 0.294. The van der Waals surface area contributed by atoms with E-state index in [-0.39, 0.29) is 22.9 Å². The molecule has 0 bridgehead atoms. The van der Waals surface area contributed by atoms with Crippen LogP contribution in [-0.2, 0) is 12.0 Å². The van der Waals surface area contributed by atoms with Crippen molar-refractivity contribution in [3.8, 4) is 28.0 Å². The molecular weight excluding hydrogens is 466 g/mol. The van der Waals surface area contributed by atoms with E-state index in [4.69, 9.17) is 0 Å². The summed E-state index contributed by atoms with van der Waals surface area (Å²) in [6, 6.07) is 23.5. The number of nitrogens with zero attached hydrogens (tertiary/aromatic N) is 1. The molecule has 0 atom stereocenters. The number of benzene rings is 4. The minimum atomic E-state index is -0.136. The zero-order valence-corrected chi connectivity index (χ0v) is 23.5. The third-order valence-corrected chi connectivity index (χ3v) is 8.95. The molecule has 1 saturated carbocycles. The molecule has 2 aliphatic carbocycles. The maximum atomic E-state index is 11.6. The van der Waals surface area contributed by atoms with Gasteiger partial charge in [0.05, 0.1) is 6.61 Å². The van der Waals surface area contributed by atoms with Crippen LogP contribution >= 0.6 is 0 Å². The zero-order valence-electron chi connectivity index (χ0n) is 23.5.